The maximum atomic E-state index is 12.2. The number of ether oxygens (including phenoxy) is 4. The van der Waals surface area contributed by atoms with Crippen LogP contribution in [0.15, 0.2) is 84.3 Å². The molecule has 166 valence electrons. The number of para-hydroxylation sites is 1. The Bertz CT molecular complexity index is 1230. The number of benzene rings is 3. The molecule has 1 heterocycles. The fourth-order valence-electron chi connectivity index (χ4n) is 3.61. The van der Waals surface area contributed by atoms with Crippen LogP contribution in [0.1, 0.15) is 24.0 Å². The summed E-state index contributed by atoms with van der Waals surface area (Å²) in [5.74, 6) is 0.970. The standard InChI is InChI=1S/C26H22N2O5/c1-2-30-19-10-6-7-17(13-19)25-21-12-11-20(14-23(21)33-26(28)22(25)15-27)32-24(29)16-31-18-8-4-3-5-9-18/h3-14,25H,2,16,28H2,1H3. The minimum absolute atomic E-state index is 0.00713. The second kappa shape index (κ2) is 9.79. The summed E-state index contributed by atoms with van der Waals surface area (Å²) in [4.78, 5) is 12.2. The highest BCUT2D eigenvalue weighted by molar-refractivity contribution is 5.74. The highest BCUT2D eigenvalue weighted by atomic mass is 16.6. The molecular formula is C26H22N2O5. The summed E-state index contributed by atoms with van der Waals surface area (Å²) in [6, 6.07) is 23.6. The van der Waals surface area contributed by atoms with Crippen molar-refractivity contribution in [2.75, 3.05) is 13.2 Å². The van der Waals surface area contributed by atoms with E-state index in [2.05, 4.69) is 6.07 Å². The summed E-state index contributed by atoms with van der Waals surface area (Å²) in [6.45, 7) is 2.19. The zero-order valence-electron chi connectivity index (χ0n) is 18.0. The number of rotatable bonds is 7. The maximum absolute atomic E-state index is 12.2. The molecule has 2 N–H and O–H groups in total. The predicted octanol–water partition coefficient (Wildman–Crippen LogP) is 4.29. The number of carbonyl (C=O) groups excluding carboxylic acids is 1. The van der Waals surface area contributed by atoms with Crippen molar-refractivity contribution in [3.05, 3.63) is 95.4 Å². The third-order valence-corrected chi connectivity index (χ3v) is 5.02. The Morgan fingerprint density at radius 1 is 1.00 bits per heavy atom. The Kier molecular flexibility index (Phi) is 6.46. The molecule has 0 aliphatic carbocycles. The van der Waals surface area contributed by atoms with Crippen molar-refractivity contribution in [3.8, 4) is 29.1 Å². The third-order valence-electron chi connectivity index (χ3n) is 5.02. The topological polar surface area (TPSA) is 104 Å². The molecule has 7 heteroatoms. The lowest BCUT2D eigenvalue weighted by Gasteiger charge is -2.27. The van der Waals surface area contributed by atoms with Crippen LogP contribution in [0.3, 0.4) is 0 Å². The zero-order chi connectivity index (χ0) is 23.2. The summed E-state index contributed by atoms with van der Waals surface area (Å²) >= 11 is 0. The van der Waals surface area contributed by atoms with Crippen molar-refractivity contribution in [1.29, 1.82) is 5.26 Å². The van der Waals surface area contributed by atoms with E-state index in [9.17, 15) is 10.1 Å². The van der Waals surface area contributed by atoms with Crippen molar-refractivity contribution in [2.45, 2.75) is 12.8 Å². The number of esters is 1. The average molecular weight is 442 g/mol. The molecule has 1 atom stereocenters. The lowest BCUT2D eigenvalue weighted by atomic mass is 9.83. The Morgan fingerprint density at radius 3 is 2.55 bits per heavy atom. The summed E-state index contributed by atoms with van der Waals surface area (Å²) < 4.78 is 22.1. The highest BCUT2D eigenvalue weighted by Crippen LogP contribution is 2.44. The fraction of sp³-hybridized carbons (Fsp3) is 0.154. The molecule has 0 amide bonds. The number of fused-ring (bicyclic) bond motifs is 1. The van der Waals surface area contributed by atoms with Gasteiger partial charge in [0.05, 0.1) is 12.5 Å². The first-order valence-electron chi connectivity index (χ1n) is 10.4. The van der Waals surface area contributed by atoms with Gasteiger partial charge in [0.15, 0.2) is 6.61 Å². The first-order chi connectivity index (χ1) is 16.1. The lowest BCUT2D eigenvalue weighted by molar-refractivity contribution is -0.136. The molecule has 3 aromatic rings. The molecule has 1 aliphatic heterocycles. The summed E-state index contributed by atoms with van der Waals surface area (Å²) in [6.07, 6.45) is 0. The molecule has 0 saturated carbocycles. The number of nitrogens with two attached hydrogens (primary N) is 1. The van der Waals surface area contributed by atoms with E-state index in [1.807, 2.05) is 49.4 Å². The van der Waals surface area contributed by atoms with Gasteiger partial charge in [-0.25, -0.2) is 4.79 Å². The van der Waals surface area contributed by atoms with Crippen molar-refractivity contribution in [2.24, 2.45) is 5.73 Å². The molecule has 7 nitrogen and oxygen atoms in total. The normalized spacial score (nSPS) is 14.5. The van der Waals surface area contributed by atoms with Crippen LogP contribution in [0.5, 0.6) is 23.0 Å². The molecule has 33 heavy (non-hydrogen) atoms. The second-order valence-electron chi connectivity index (χ2n) is 7.21. The van der Waals surface area contributed by atoms with Gasteiger partial charge in [-0.1, -0.05) is 36.4 Å². The van der Waals surface area contributed by atoms with Crippen LogP contribution in [0.25, 0.3) is 0 Å². The minimum Gasteiger partial charge on any atom is -0.494 e. The smallest absolute Gasteiger partial charge is 0.349 e. The summed E-state index contributed by atoms with van der Waals surface area (Å²) in [5, 5.41) is 9.74. The quantitative estimate of drug-likeness (QED) is 0.430. The van der Waals surface area contributed by atoms with Crippen molar-refractivity contribution < 1.29 is 23.7 Å². The van der Waals surface area contributed by atoms with Gasteiger partial charge >= 0.3 is 5.97 Å². The van der Waals surface area contributed by atoms with Crippen LogP contribution in [-0.2, 0) is 4.79 Å². The molecule has 0 fully saturated rings. The Morgan fingerprint density at radius 2 is 1.79 bits per heavy atom. The van der Waals surface area contributed by atoms with Gasteiger partial charge in [-0.3, -0.25) is 0 Å². The Balaban J connectivity index is 1.57. The average Bonchev–Trinajstić information content (AvgIpc) is 2.83. The molecule has 0 radical (unpaired) electrons. The number of nitriles is 1. The molecule has 4 rings (SSSR count). The maximum Gasteiger partial charge on any atom is 0.349 e. The number of hydrogen-bond acceptors (Lipinski definition) is 7. The van der Waals surface area contributed by atoms with Gasteiger partial charge < -0.3 is 24.7 Å². The van der Waals surface area contributed by atoms with Crippen LogP contribution in [0, 0.1) is 11.3 Å². The highest BCUT2D eigenvalue weighted by Gasteiger charge is 2.31. The summed E-state index contributed by atoms with van der Waals surface area (Å²) in [7, 11) is 0. The molecular weight excluding hydrogens is 420 g/mol. The van der Waals surface area contributed by atoms with Gasteiger partial charge in [-0.15, -0.1) is 0 Å². The lowest BCUT2D eigenvalue weighted by Crippen LogP contribution is -2.21. The van der Waals surface area contributed by atoms with Gasteiger partial charge in [0, 0.05) is 11.6 Å². The van der Waals surface area contributed by atoms with Crippen LogP contribution >= 0.6 is 0 Å². The fourth-order valence-corrected chi connectivity index (χ4v) is 3.61. The van der Waals surface area contributed by atoms with Crippen molar-refractivity contribution in [3.63, 3.8) is 0 Å². The van der Waals surface area contributed by atoms with E-state index < -0.39 is 11.9 Å². The predicted molar refractivity (Wildman–Crippen MR) is 121 cm³/mol. The van der Waals surface area contributed by atoms with Gasteiger partial charge in [0.1, 0.15) is 34.6 Å². The molecule has 3 aromatic carbocycles. The summed E-state index contributed by atoms with van der Waals surface area (Å²) in [5.41, 5.74) is 7.94. The van der Waals surface area contributed by atoms with Gasteiger partial charge in [0.25, 0.3) is 0 Å². The van der Waals surface area contributed by atoms with Crippen LogP contribution in [0.2, 0.25) is 0 Å². The Labute approximate surface area is 191 Å². The molecule has 1 unspecified atom stereocenters. The number of carbonyl (C=O) groups is 1. The van der Waals surface area contributed by atoms with Crippen LogP contribution < -0.4 is 24.7 Å². The van der Waals surface area contributed by atoms with E-state index in [0.717, 1.165) is 11.1 Å². The first kappa shape index (κ1) is 21.8. The van der Waals surface area contributed by atoms with Gasteiger partial charge in [-0.05, 0) is 42.8 Å². The zero-order valence-corrected chi connectivity index (χ0v) is 18.0. The number of allylic oxidation sites excluding steroid dienone is 1. The van der Waals surface area contributed by atoms with E-state index in [1.54, 1.807) is 30.3 Å². The van der Waals surface area contributed by atoms with E-state index in [-0.39, 0.29) is 18.2 Å². The molecule has 1 aliphatic rings. The minimum atomic E-state index is -0.559. The number of hydrogen-bond donors (Lipinski definition) is 1. The van der Waals surface area contributed by atoms with E-state index in [0.29, 0.717) is 29.4 Å². The van der Waals surface area contributed by atoms with Crippen molar-refractivity contribution >= 4 is 5.97 Å². The second-order valence-corrected chi connectivity index (χ2v) is 7.21. The third kappa shape index (κ3) is 4.91. The molecule has 0 spiro atoms. The van der Waals surface area contributed by atoms with Crippen molar-refractivity contribution in [1.82, 2.24) is 0 Å². The van der Waals surface area contributed by atoms with Crippen LogP contribution in [-0.4, -0.2) is 19.2 Å². The first-order valence-corrected chi connectivity index (χ1v) is 10.4. The van der Waals surface area contributed by atoms with E-state index in [4.69, 9.17) is 24.7 Å². The van der Waals surface area contributed by atoms with Gasteiger partial charge in [0.2, 0.25) is 5.88 Å². The van der Waals surface area contributed by atoms with Gasteiger partial charge in [-0.2, -0.15) is 5.26 Å². The largest absolute Gasteiger partial charge is 0.494 e. The van der Waals surface area contributed by atoms with Crippen LogP contribution in [0.4, 0.5) is 0 Å². The molecule has 0 bridgehead atoms. The van der Waals surface area contributed by atoms with E-state index >= 15 is 0 Å². The molecule has 0 aromatic heterocycles. The SMILES string of the molecule is CCOc1cccc(C2C(C#N)=C(N)Oc3cc(OC(=O)COc4ccccc4)ccc32)c1. The molecule has 0 saturated heterocycles. The Hall–Kier alpha value is -4.44. The number of nitrogens with zero attached hydrogens (tertiary/aromatic N) is 1. The monoisotopic (exact) mass is 442 g/mol. The van der Waals surface area contributed by atoms with E-state index in [1.165, 1.54) is 0 Å².